The fourth-order valence-corrected chi connectivity index (χ4v) is 3.87. The number of fused-ring (bicyclic) bond motifs is 1. The molecule has 2 aromatic rings. The Bertz CT molecular complexity index is 782. The summed E-state index contributed by atoms with van der Waals surface area (Å²) in [5.41, 5.74) is 0.645. The molecule has 1 unspecified atom stereocenters. The van der Waals surface area contributed by atoms with Crippen molar-refractivity contribution in [2.24, 2.45) is 0 Å². The van der Waals surface area contributed by atoms with Crippen LogP contribution in [-0.4, -0.2) is 43.5 Å². The lowest BCUT2D eigenvalue weighted by Gasteiger charge is -2.34. The van der Waals surface area contributed by atoms with Gasteiger partial charge in [-0.15, -0.1) is 0 Å². The maximum absolute atomic E-state index is 12.9. The van der Waals surface area contributed by atoms with Crippen LogP contribution in [0.1, 0.15) is 31.2 Å². The number of halogens is 3. The maximum atomic E-state index is 12.9. The van der Waals surface area contributed by atoms with Crippen LogP contribution in [0.15, 0.2) is 30.5 Å². The first-order valence-corrected chi connectivity index (χ1v) is 9.45. The number of hydrogen-bond acceptors (Lipinski definition) is 4. The predicted molar refractivity (Wildman–Crippen MR) is 96.9 cm³/mol. The van der Waals surface area contributed by atoms with Crippen LogP contribution in [0, 0.1) is 0 Å². The molecule has 1 atom stereocenters. The number of ether oxygens (including phenoxy) is 2. The van der Waals surface area contributed by atoms with Crippen molar-refractivity contribution in [2.75, 3.05) is 31.2 Å². The standard InChI is InChI=1S/C20H23F3N2O2/c21-20(22,23)14-3-4-17-18(12-14)24-8-5-19(17)25-9-6-15(7-10-25)27-13-16-2-1-11-26-16/h3-5,8,12,15-16H,1-2,6-7,9-11,13H2. The van der Waals surface area contributed by atoms with Gasteiger partial charge >= 0.3 is 6.18 Å². The minimum Gasteiger partial charge on any atom is -0.376 e. The summed E-state index contributed by atoms with van der Waals surface area (Å²) in [4.78, 5) is 6.35. The van der Waals surface area contributed by atoms with E-state index in [0.717, 1.165) is 68.6 Å². The van der Waals surface area contributed by atoms with E-state index in [4.69, 9.17) is 9.47 Å². The molecule has 1 aromatic carbocycles. The number of aromatic nitrogens is 1. The van der Waals surface area contributed by atoms with E-state index in [1.54, 1.807) is 6.20 Å². The number of hydrogen-bond donors (Lipinski definition) is 0. The molecule has 0 radical (unpaired) electrons. The van der Waals surface area contributed by atoms with Crippen LogP contribution in [0.4, 0.5) is 18.9 Å². The minimum atomic E-state index is -4.36. The summed E-state index contributed by atoms with van der Waals surface area (Å²) in [6.45, 7) is 3.12. The Morgan fingerprint density at radius 1 is 1.15 bits per heavy atom. The van der Waals surface area contributed by atoms with Gasteiger partial charge in [0.25, 0.3) is 0 Å². The Morgan fingerprint density at radius 2 is 1.96 bits per heavy atom. The van der Waals surface area contributed by atoms with Gasteiger partial charge in [-0.2, -0.15) is 13.2 Å². The minimum absolute atomic E-state index is 0.218. The average molecular weight is 380 g/mol. The quantitative estimate of drug-likeness (QED) is 0.787. The predicted octanol–water partition coefficient (Wildman–Crippen LogP) is 4.42. The lowest BCUT2D eigenvalue weighted by Crippen LogP contribution is -2.38. The molecule has 27 heavy (non-hydrogen) atoms. The summed E-state index contributed by atoms with van der Waals surface area (Å²) in [6.07, 6.45) is 1.65. The van der Waals surface area contributed by atoms with Crippen LogP contribution in [0.3, 0.4) is 0 Å². The second kappa shape index (κ2) is 7.64. The molecule has 146 valence electrons. The Morgan fingerprint density at radius 3 is 2.67 bits per heavy atom. The molecule has 2 aliphatic heterocycles. The number of piperidine rings is 1. The third-order valence-corrected chi connectivity index (χ3v) is 5.37. The Balaban J connectivity index is 1.42. The number of nitrogens with zero attached hydrogens (tertiary/aromatic N) is 2. The van der Waals surface area contributed by atoms with Gasteiger partial charge in [-0.25, -0.2) is 0 Å². The molecule has 0 amide bonds. The number of rotatable bonds is 4. The van der Waals surface area contributed by atoms with Crippen molar-refractivity contribution in [2.45, 2.75) is 44.1 Å². The van der Waals surface area contributed by atoms with Crippen molar-refractivity contribution < 1.29 is 22.6 Å². The van der Waals surface area contributed by atoms with E-state index in [1.807, 2.05) is 6.07 Å². The van der Waals surface area contributed by atoms with E-state index >= 15 is 0 Å². The van der Waals surface area contributed by atoms with Gasteiger partial charge in [-0.1, -0.05) is 6.07 Å². The largest absolute Gasteiger partial charge is 0.416 e. The molecule has 2 aliphatic rings. The average Bonchev–Trinajstić information content (AvgIpc) is 3.19. The van der Waals surface area contributed by atoms with Crippen LogP contribution < -0.4 is 4.90 Å². The Labute approximate surface area is 156 Å². The van der Waals surface area contributed by atoms with Crippen molar-refractivity contribution in [3.8, 4) is 0 Å². The van der Waals surface area contributed by atoms with Gasteiger partial charge in [0, 0.05) is 37.0 Å². The highest BCUT2D eigenvalue weighted by Crippen LogP contribution is 2.34. The van der Waals surface area contributed by atoms with E-state index in [-0.39, 0.29) is 12.2 Å². The van der Waals surface area contributed by atoms with Crippen LogP contribution in [-0.2, 0) is 15.7 Å². The summed E-state index contributed by atoms with van der Waals surface area (Å²) in [5.74, 6) is 0. The van der Waals surface area contributed by atoms with E-state index in [2.05, 4.69) is 9.88 Å². The first-order valence-electron chi connectivity index (χ1n) is 9.45. The van der Waals surface area contributed by atoms with Crippen LogP contribution in [0.5, 0.6) is 0 Å². The summed E-state index contributed by atoms with van der Waals surface area (Å²) in [5, 5.41) is 0.754. The van der Waals surface area contributed by atoms with E-state index < -0.39 is 11.7 Å². The lowest BCUT2D eigenvalue weighted by molar-refractivity contribution is -0.137. The van der Waals surface area contributed by atoms with E-state index in [0.29, 0.717) is 12.1 Å². The fraction of sp³-hybridized carbons (Fsp3) is 0.550. The molecular weight excluding hydrogens is 357 g/mol. The Hall–Kier alpha value is -1.86. The third-order valence-electron chi connectivity index (χ3n) is 5.37. The fourth-order valence-electron chi connectivity index (χ4n) is 3.87. The molecule has 0 bridgehead atoms. The molecule has 2 saturated heterocycles. The molecule has 0 saturated carbocycles. The van der Waals surface area contributed by atoms with Gasteiger partial charge < -0.3 is 14.4 Å². The summed E-state index contributed by atoms with van der Waals surface area (Å²) < 4.78 is 50.4. The first kappa shape index (κ1) is 18.5. The van der Waals surface area contributed by atoms with Crippen molar-refractivity contribution >= 4 is 16.6 Å². The molecular formula is C20H23F3N2O2. The zero-order valence-electron chi connectivity index (χ0n) is 15.0. The zero-order valence-corrected chi connectivity index (χ0v) is 15.0. The molecule has 3 heterocycles. The van der Waals surface area contributed by atoms with Gasteiger partial charge in [0.05, 0.1) is 29.9 Å². The topological polar surface area (TPSA) is 34.6 Å². The van der Waals surface area contributed by atoms with Crippen molar-refractivity contribution in [3.63, 3.8) is 0 Å². The molecule has 4 rings (SSSR count). The van der Waals surface area contributed by atoms with Crippen LogP contribution in [0.25, 0.3) is 10.9 Å². The molecule has 0 N–H and O–H groups in total. The molecule has 1 aromatic heterocycles. The highest BCUT2D eigenvalue weighted by Gasteiger charge is 2.31. The SMILES string of the molecule is FC(F)(F)c1ccc2c(N3CCC(OCC4CCCO4)CC3)ccnc2c1. The summed E-state index contributed by atoms with van der Waals surface area (Å²) in [7, 11) is 0. The maximum Gasteiger partial charge on any atom is 0.416 e. The summed E-state index contributed by atoms with van der Waals surface area (Å²) in [6, 6.07) is 5.66. The number of anilines is 1. The van der Waals surface area contributed by atoms with E-state index in [9.17, 15) is 13.2 Å². The first-order chi connectivity index (χ1) is 13.0. The molecule has 0 aliphatic carbocycles. The van der Waals surface area contributed by atoms with Crippen LogP contribution in [0.2, 0.25) is 0 Å². The van der Waals surface area contributed by atoms with Gasteiger partial charge in [-0.05, 0) is 43.9 Å². The highest BCUT2D eigenvalue weighted by molar-refractivity contribution is 5.92. The molecule has 2 fully saturated rings. The lowest BCUT2D eigenvalue weighted by atomic mass is 10.0. The number of benzene rings is 1. The van der Waals surface area contributed by atoms with Crippen LogP contribution >= 0.6 is 0 Å². The second-order valence-corrected chi connectivity index (χ2v) is 7.21. The second-order valence-electron chi connectivity index (χ2n) is 7.21. The van der Waals surface area contributed by atoms with E-state index in [1.165, 1.54) is 6.07 Å². The van der Waals surface area contributed by atoms with Gasteiger partial charge in [0.2, 0.25) is 0 Å². The van der Waals surface area contributed by atoms with Crippen molar-refractivity contribution in [1.29, 1.82) is 0 Å². The van der Waals surface area contributed by atoms with Gasteiger partial charge in [0.15, 0.2) is 0 Å². The molecule has 0 spiro atoms. The zero-order chi connectivity index (χ0) is 18.9. The summed E-state index contributed by atoms with van der Waals surface area (Å²) >= 11 is 0. The van der Waals surface area contributed by atoms with Crippen molar-refractivity contribution in [1.82, 2.24) is 4.98 Å². The smallest absolute Gasteiger partial charge is 0.376 e. The number of pyridine rings is 1. The Kier molecular flexibility index (Phi) is 5.23. The highest BCUT2D eigenvalue weighted by atomic mass is 19.4. The normalized spacial score (nSPS) is 21.9. The van der Waals surface area contributed by atoms with Gasteiger partial charge in [0.1, 0.15) is 0 Å². The third kappa shape index (κ3) is 4.19. The monoisotopic (exact) mass is 380 g/mol. The van der Waals surface area contributed by atoms with Crippen molar-refractivity contribution in [3.05, 3.63) is 36.0 Å². The number of alkyl halides is 3. The molecule has 4 nitrogen and oxygen atoms in total. The molecule has 7 heteroatoms. The van der Waals surface area contributed by atoms with Gasteiger partial charge in [-0.3, -0.25) is 4.98 Å².